The molecule has 3 aromatic heterocycles. The van der Waals surface area contributed by atoms with Gasteiger partial charge in [-0.3, -0.25) is 0 Å². The summed E-state index contributed by atoms with van der Waals surface area (Å²) in [5.74, 6) is 0. The van der Waals surface area contributed by atoms with Crippen molar-refractivity contribution in [2.45, 2.75) is 0 Å². The lowest BCUT2D eigenvalue weighted by Gasteiger charge is -1.86. The second kappa shape index (κ2) is 7.43. The highest BCUT2D eigenvalue weighted by Gasteiger charge is 2.02. The molecule has 5 heterocycles. The van der Waals surface area contributed by atoms with Gasteiger partial charge in [0.15, 0.2) is 0 Å². The van der Waals surface area contributed by atoms with Gasteiger partial charge in [-0.1, -0.05) is 0 Å². The predicted octanol–water partition coefficient (Wildman–Crippen LogP) is 4.92. The highest BCUT2D eigenvalue weighted by Crippen LogP contribution is 2.17. The fourth-order valence-corrected chi connectivity index (χ4v) is 2.94. The van der Waals surface area contributed by atoms with Crippen LogP contribution in [0.25, 0.3) is 46.4 Å². The summed E-state index contributed by atoms with van der Waals surface area (Å²) in [5.41, 5.74) is 7.86. The average Bonchev–Trinajstić information content (AvgIpc) is 3.41. The van der Waals surface area contributed by atoms with Gasteiger partial charge in [0.2, 0.25) is 0 Å². The molecule has 0 atom stereocenters. The van der Waals surface area contributed by atoms with Crippen molar-refractivity contribution >= 4 is 46.4 Å². The number of rotatable bonds is 0. The monoisotopic (exact) mass is 356 g/mol. The molecule has 0 fully saturated rings. The smallest absolute Gasteiger partial charge is 0.0659 e. The molecule has 0 saturated carbocycles. The van der Waals surface area contributed by atoms with Gasteiger partial charge in [0, 0.05) is 36.3 Å². The summed E-state index contributed by atoms with van der Waals surface area (Å²) in [6, 6.07) is 16.4. The van der Waals surface area contributed by atoms with Crippen molar-refractivity contribution in [3.8, 4) is 0 Å². The molecule has 0 amide bonds. The summed E-state index contributed by atoms with van der Waals surface area (Å²) in [4.78, 5) is 16.0. The normalized spacial score (nSPS) is 11.9. The first kappa shape index (κ1) is 17.0. The Hall–Kier alpha value is -3.44. The summed E-state index contributed by atoms with van der Waals surface area (Å²) in [7, 11) is 3.25. The SMILES string of the molecule is C1=Cc2cc3ccc(cc4ccc(cc5nc(cc1n2)C=C5)[nH]4)[nH]3.COC. The molecular formula is C22H20N4O. The zero-order valence-electron chi connectivity index (χ0n) is 15.2. The van der Waals surface area contributed by atoms with E-state index >= 15 is 0 Å². The Morgan fingerprint density at radius 3 is 1.30 bits per heavy atom. The molecule has 0 spiro atoms. The Bertz CT molecular complexity index is 1090. The van der Waals surface area contributed by atoms with Gasteiger partial charge in [-0.15, -0.1) is 0 Å². The number of aromatic nitrogens is 4. The zero-order chi connectivity index (χ0) is 18.6. The topological polar surface area (TPSA) is 66.6 Å². The van der Waals surface area contributed by atoms with Crippen LogP contribution < -0.4 is 0 Å². The fourth-order valence-electron chi connectivity index (χ4n) is 2.94. The molecule has 5 nitrogen and oxygen atoms in total. The van der Waals surface area contributed by atoms with E-state index in [4.69, 9.17) is 0 Å². The van der Waals surface area contributed by atoms with Crippen LogP contribution in [0.2, 0.25) is 0 Å². The summed E-state index contributed by atoms with van der Waals surface area (Å²) < 4.78 is 4.25. The van der Waals surface area contributed by atoms with E-state index in [0.29, 0.717) is 0 Å². The summed E-state index contributed by atoms with van der Waals surface area (Å²) in [6.45, 7) is 0. The Morgan fingerprint density at radius 1 is 0.556 bits per heavy atom. The quantitative estimate of drug-likeness (QED) is 0.414. The second-order valence-electron chi connectivity index (χ2n) is 6.31. The van der Waals surface area contributed by atoms with Gasteiger partial charge in [0.05, 0.1) is 22.8 Å². The fraction of sp³-hybridized carbons (Fsp3) is 0.0909. The molecule has 2 aliphatic rings. The number of nitrogens with one attached hydrogen (secondary N) is 2. The summed E-state index contributed by atoms with van der Waals surface area (Å²) in [5, 5.41) is 0. The summed E-state index contributed by atoms with van der Waals surface area (Å²) in [6.07, 6.45) is 8.05. The Kier molecular flexibility index (Phi) is 4.68. The molecule has 0 aromatic carbocycles. The van der Waals surface area contributed by atoms with E-state index in [1.54, 1.807) is 14.2 Å². The van der Waals surface area contributed by atoms with Crippen LogP contribution in [-0.4, -0.2) is 34.2 Å². The van der Waals surface area contributed by atoms with Crippen molar-refractivity contribution in [1.82, 2.24) is 19.9 Å². The van der Waals surface area contributed by atoms with Crippen LogP contribution in [-0.2, 0) is 4.74 Å². The molecule has 2 N–H and O–H groups in total. The van der Waals surface area contributed by atoms with Gasteiger partial charge in [0.25, 0.3) is 0 Å². The largest absolute Gasteiger partial charge is 0.388 e. The van der Waals surface area contributed by atoms with Crippen LogP contribution >= 0.6 is 0 Å². The van der Waals surface area contributed by atoms with Crippen molar-refractivity contribution in [1.29, 1.82) is 0 Å². The maximum atomic E-state index is 4.62. The molecule has 27 heavy (non-hydrogen) atoms. The molecule has 0 radical (unpaired) electrons. The van der Waals surface area contributed by atoms with E-state index in [1.807, 2.05) is 42.5 Å². The van der Waals surface area contributed by atoms with E-state index < -0.39 is 0 Å². The third-order valence-electron chi connectivity index (χ3n) is 4.04. The lowest BCUT2D eigenvalue weighted by Crippen LogP contribution is -1.77. The minimum atomic E-state index is 0.915. The first-order valence-corrected chi connectivity index (χ1v) is 8.66. The molecular weight excluding hydrogens is 336 g/mol. The van der Waals surface area contributed by atoms with Crippen LogP contribution in [0.1, 0.15) is 22.8 Å². The first-order chi connectivity index (χ1) is 13.2. The summed E-state index contributed by atoms with van der Waals surface area (Å²) >= 11 is 0. The third-order valence-corrected chi connectivity index (χ3v) is 4.04. The van der Waals surface area contributed by atoms with Crippen molar-refractivity contribution in [2.75, 3.05) is 14.2 Å². The average molecular weight is 356 g/mol. The number of fused-ring (bicyclic) bond motifs is 8. The number of aromatic amines is 2. The highest BCUT2D eigenvalue weighted by atomic mass is 16.4. The molecule has 134 valence electrons. The Morgan fingerprint density at radius 2 is 0.889 bits per heavy atom. The van der Waals surface area contributed by atoms with Gasteiger partial charge >= 0.3 is 0 Å². The number of H-pyrrole nitrogens is 2. The molecule has 5 rings (SSSR count). The van der Waals surface area contributed by atoms with Crippen molar-refractivity contribution in [3.63, 3.8) is 0 Å². The van der Waals surface area contributed by atoms with E-state index in [0.717, 1.165) is 44.8 Å². The lowest BCUT2D eigenvalue weighted by atomic mass is 10.3. The Labute approximate surface area is 157 Å². The van der Waals surface area contributed by atoms with Gasteiger partial charge in [-0.25, -0.2) is 9.97 Å². The minimum absolute atomic E-state index is 0.915. The van der Waals surface area contributed by atoms with Crippen LogP contribution in [0.3, 0.4) is 0 Å². The number of methoxy groups -OCH3 is 1. The molecule has 2 aliphatic heterocycles. The molecule has 5 heteroatoms. The van der Waals surface area contributed by atoms with Crippen molar-refractivity contribution < 1.29 is 4.74 Å². The highest BCUT2D eigenvalue weighted by molar-refractivity contribution is 5.77. The van der Waals surface area contributed by atoms with Crippen molar-refractivity contribution in [2.24, 2.45) is 0 Å². The standard InChI is InChI=1S/C20H14N4.C2H6O/c1-2-14-10-16-5-6-18(23-16)12-20-8-7-19(24-20)11-17-4-3-15(22-17)9-13(1)21-14;1-3-2/h1-12,21-22H;1-2H3. The van der Waals surface area contributed by atoms with Gasteiger partial charge in [-0.2, -0.15) is 0 Å². The molecule has 0 unspecified atom stereocenters. The maximum Gasteiger partial charge on any atom is 0.0659 e. The number of ether oxygens (including phenoxy) is 1. The van der Waals surface area contributed by atoms with E-state index in [9.17, 15) is 0 Å². The number of nitrogens with zero attached hydrogens (tertiary/aromatic N) is 2. The van der Waals surface area contributed by atoms with E-state index in [2.05, 4.69) is 55.0 Å². The van der Waals surface area contributed by atoms with Gasteiger partial charge < -0.3 is 14.7 Å². The van der Waals surface area contributed by atoms with Crippen LogP contribution in [0, 0.1) is 0 Å². The van der Waals surface area contributed by atoms with E-state index in [1.165, 1.54) is 0 Å². The predicted molar refractivity (Wildman–Crippen MR) is 112 cm³/mol. The molecule has 0 saturated heterocycles. The number of hydrogen-bond donors (Lipinski definition) is 2. The van der Waals surface area contributed by atoms with Crippen molar-refractivity contribution in [3.05, 3.63) is 71.3 Å². The minimum Gasteiger partial charge on any atom is -0.388 e. The third kappa shape index (κ3) is 4.04. The van der Waals surface area contributed by atoms with Crippen LogP contribution in [0.5, 0.6) is 0 Å². The van der Waals surface area contributed by atoms with Gasteiger partial charge in [-0.05, 0) is 72.8 Å². The second-order valence-corrected chi connectivity index (χ2v) is 6.31. The number of hydrogen-bond acceptors (Lipinski definition) is 3. The van der Waals surface area contributed by atoms with E-state index in [-0.39, 0.29) is 0 Å². The van der Waals surface area contributed by atoms with Crippen LogP contribution in [0.15, 0.2) is 48.5 Å². The molecule has 0 aliphatic carbocycles. The van der Waals surface area contributed by atoms with Crippen LogP contribution in [0.4, 0.5) is 0 Å². The Balaban J connectivity index is 0.000000565. The maximum absolute atomic E-state index is 4.62. The lowest BCUT2D eigenvalue weighted by molar-refractivity contribution is 0.277. The zero-order valence-corrected chi connectivity index (χ0v) is 15.2. The molecule has 3 aromatic rings. The first-order valence-electron chi connectivity index (χ1n) is 8.66. The molecule has 8 bridgehead atoms. The van der Waals surface area contributed by atoms with Gasteiger partial charge in [0.1, 0.15) is 0 Å².